The van der Waals surface area contributed by atoms with Crippen molar-refractivity contribution in [1.82, 2.24) is 9.78 Å². The van der Waals surface area contributed by atoms with E-state index in [4.69, 9.17) is 5.11 Å². The van der Waals surface area contributed by atoms with Gasteiger partial charge in [-0.3, -0.25) is 9.48 Å². The first-order chi connectivity index (χ1) is 6.59. The van der Waals surface area contributed by atoms with Crippen molar-refractivity contribution in [3.05, 3.63) is 18.0 Å². The van der Waals surface area contributed by atoms with Crippen LogP contribution >= 0.6 is 0 Å². The zero-order chi connectivity index (χ0) is 10.3. The molecule has 2 rings (SSSR count). The van der Waals surface area contributed by atoms with Gasteiger partial charge in [-0.2, -0.15) is 5.10 Å². The van der Waals surface area contributed by atoms with Crippen molar-refractivity contribution in [1.29, 1.82) is 0 Å². The van der Waals surface area contributed by atoms with Crippen LogP contribution in [0.2, 0.25) is 0 Å². The van der Waals surface area contributed by atoms with Gasteiger partial charge in [-0.15, -0.1) is 0 Å². The summed E-state index contributed by atoms with van der Waals surface area (Å²) in [7, 11) is 0. The minimum absolute atomic E-state index is 0.181. The molecule has 1 aliphatic rings. The van der Waals surface area contributed by atoms with Gasteiger partial charge in [0, 0.05) is 18.2 Å². The van der Waals surface area contributed by atoms with Gasteiger partial charge in [-0.1, -0.05) is 0 Å². The van der Waals surface area contributed by atoms with Crippen LogP contribution in [0.3, 0.4) is 0 Å². The number of carboxylic acid groups (broad SMARTS) is 1. The van der Waals surface area contributed by atoms with Crippen molar-refractivity contribution in [3.63, 3.8) is 0 Å². The third-order valence-electron chi connectivity index (χ3n) is 2.69. The summed E-state index contributed by atoms with van der Waals surface area (Å²) in [6.07, 6.45) is 4.50. The smallest absolute Gasteiger partial charge is 0.307 e. The SMILES string of the molecule is CC(C)n1cc(C2CC2C(=O)O)cn1. The van der Waals surface area contributed by atoms with Gasteiger partial charge < -0.3 is 5.11 Å². The van der Waals surface area contributed by atoms with Crippen LogP contribution in [-0.4, -0.2) is 20.9 Å². The highest BCUT2D eigenvalue weighted by molar-refractivity contribution is 5.75. The fourth-order valence-corrected chi connectivity index (χ4v) is 1.66. The first-order valence-electron chi connectivity index (χ1n) is 4.86. The Morgan fingerprint density at radius 1 is 1.71 bits per heavy atom. The molecule has 1 aromatic rings. The molecule has 0 bridgehead atoms. The molecule has 1 N–H and O–H groups in total. The number of aliphatic carboxylic acids is 1. The van der Waals surface area contributed by atoms with Gasteiger partial charge in [0.25, 0.3) is 0 Å². The summed E-state index contributed by atoms with van der Waals surface area (Å²) in [5, 5.41) is 13.0. The molecular formula is C10H14N2O2. The van der Waals surface area contributed by atoms with Crippen molar-refractivity contribution in [2.75, 3.05) is 0 Å². The predicted octanol–water partition coefficient (Wildman–Crippen LogP) is 1.65. The van der Waals surface area contributed by atoms with Crippen molar-refractivity contribution in [3.8, 4) is 0 Å². The Bertz CT molecular complexity index is 357. The lowest BCUT2D eigenvalue weighted by atomic mass is 10.2. The summed E-state index contributed by atoms with van der Waals surface area (Å²) in [4.78, 5) is 10.7. The molecule has 14 heavy (non-hydrogen) atoms. The number of hydrogen-bond acceptors (Lipinski definition) is 2. The van der Waals surface area contributed by atoms with E-state index in [2.05, 4.69) is 18.9 Å². The van der Waals surface area contributed by atoms with Gasteiger partial charge in [0.05, 0.1) is 12.1 Å². The molecular weight excluding hydrogens is 180 g/mol. The van der Waals surface area contributed by atoms with Crippen LogP contribution in [-0.2, 0) is 4.79 Å². The topological polar surface area (TPSA) is 55.1 Å². The van der Waals surface area contributed by atoms with E-state index >= 15 is 0 Å². The zero-order valence-corrected chi connectivity index (χ0v) is 8.34. The quantitative estimate of drug-likeness (QED) is 0.796. The first kappa shape index (κ1) is 9.24. The Morgan fingerprint density at radius 3 is 2.86 bits per heavy atom. The van der Waals surface area contributed by atoms with Gasteiger partial charge in [-0.25, -0.2) is 0 Å². The molecule has 1 saturated carbocycles. The van der Waals surface area contributed by atoms with Crippen LogP contribution in [0.4, 0.5) is 0 Å². The number of carbonyl (C=O) groups is 1. The minimum atomic E-state index is -0.688. The fraction of sp³-hybridized carbons (Fsp3) is 0.600. The molecule has 4 heteroatoms. The molecule has 0 aliphatic heterocycles. The van der Waals surface area contributed by atoms with Crippen molar-refractivity contribution >= 4 is 5.97 Å². The molecule has 1 heterocycles. The standard InChI is InChI=1S/C10H14N2O2/c1-6(2)12-5-7(4-11-12)8-3-9(8)10(13)14/h4-6,8-9H,3H2,1-2H3,(H,13,14). The van der Waals surface area contributed by atoms with E-state index < -0.39 is 5.97 Å². The maximum atomic E-state index is 10.7. The van der Waals surface area contributed by atoms with Crippen LogP contribution in [0.15, 0.2) is 12.4 Å². The van der Waals surface area contributed by atoms with Crippen LogP contribution in [0, 0.1) is 5.92 Å². The third-order valence-corrected chi connectivity index (χ3v) is 2.69. The lowest BCUT2D eigenvalue weighted by Gasteiger charge is -2.02. The van der Waals surface area contributed by atoms with E-state index in [1.807, 2.05) is 10.9 Å². The van der Waals surface area contributed by atoms with Gasteiger partial charge in [0.2, 0.25) is 0 Å². The summed E-state index contributed by atoms with van der Waals surface area (Å²) in [6, 6.07) is 0.339. The molecule has 1 aromatic heterocycles. The average Bonchev–Trinajstić information content (AvgIpc) is 2.76. The summed E-state index contributed by atoms with van der Waals surface area (Å²) >= 11 is 0. The predicted molar refractivity (Wildman–Crippen MR) is 51.1 cm³/mol. The Kier molecular flexibility index (Phi) is 2.06. The minimum Gasteiger partial charge on any atom is -0.481 e. The van der Waals surface area contributed by atoms with Gasteiger partial charge in [0.15, 0.2) is 0 Å². The van der Waals surface area contributed by atoms with Crippen LogP contribution in [0.25, 0.3) is 0 Å². The average molecular weight is 194 g/mol. The van der Waals surface area contributed by atoms with Crippen LogP contribution in [0.1, 0.15) is 37.8 Å². The molecule has 1 aliphatic carbocycles. The van der Waals surface area contributed by atoms with Crippen LogP contribution in [0.5, 0.6) is 0 Å². The lowest BCUT2D eigenvalue weighted by molar-refractivity contribution is -0.138. The molecule has 0 radical (unpaired) electrons. The van der Waals surface area contributed by atoms with E-state index in [1.54, 1.807) is 6.20 Å². The first-order valence-corrected chi connectivity index (χ1v) is 4.86. The largest absolute Gasteiger partial charge is 0.481 e. The Balaban J connectivity index is 2.09. The number of aromatic nitrogens is 2. The lowest BCUT2D eigenvalue weighted by Crippen LogP contribution is -2.00. The third kappa shape index (κ3) is 1.52. The summed E-state index contributed by atoms with van der Waals surface area (Å²) < 4.78 is 1.87. The molecule has 0 amide bonds. The molecule has 76 valence electrons. The zero-order valence-electron chi connectivity index (χ0n) is 8.34. The number of nitrogens with zero attached hydrogens (tertiary/aromatic N) is 2. The molecule has 2 atom stereocenters. The normalized spacial score (nSPS) is 25.4. The summed E-state index contributed by atoms with van der Waals surface area (Å²) in [5.74, 6) is -0.674. The Morgan fingerprint density at radius 2 is 2.43 bits per heavy atom. The number of rotatable bonds is 3. The van der Waals surface area contributed by atoms with E-state index in [0.29, 0.717) is 6.04 Å². The fourth-order valence-electron chi connectivity index (χ4n) is 1.66. The second-order valence-corrected chi connectivity index (χ2v) is 4.13. The Hall–Kier alpha value is -1.32. The Labute approximate surface area is 82.5 Å². The molecule has 2 unspecified atom stereocenters. The summed E-state index contributed by atoms with van der Waals surface area (Å²) in [5.41, 5.74) is 1.06. The highest BCUT2D eigenvalue weighted by Gasteiger charge is 2.44. The number of carboxylic acids is 1. The van der Waals surface area contributed by atoms with Gasteiger partial charge in [-0.05, 0) is 25.8 Å². The summed E-state index contributed by atoms with van der Waals surface area (Å²) in [6.45, 7) is 4.11. The van der Waals surface area contributed by atoms with Crippen molar-refractivity contribution < 1.29 is 9.90 Å². The van der Waals surface area contributed by atoms with E-state index in [9.17, 15) is 4.79 Å². The molecule has 4 nitrogen and oxygen atoms in total. The molecule has 0 saturated heterocycles. The second kappa shape index (κ2) is 3.12. The second-order valence-electron chi connectivity index (χ2n) is 4.13. The van der Waals surface area contributed by atoms with E-state index in [-0.39, 0.29) is 11.8 Å². The highest BCUT2D eigenvalue weighted by Crippen LogP contribution is 2.47. The van der Waals surface area contributed by atoms with E-state index in [1.165, 1.54) is 0 Å². The highest BCUT2D eigenvalue weighted by atomic mass is 16.4. The monoisotopic (exact) mass is 194 g/mol. The molecule has 0 spiro atoms. The van der Waals surface area contributed by atoms with Crippen LogP contribution < -0.4 is 0 Å². The van der Waals surface area contributed by atoms with Gasteiger partial charge >= 0.3 is 5.97 Å². The van der Waals surface area contributed by atoms with E-state index in [0.717, 1.165) is 12.0 Å². The molecule has 0 aromatic carbocycles. The molecule has 1 fully saturated rings. The van der Waals surface area contributed by atoms with Crippen molar-refractivity contribution in [2.24, 2.45) is 5.92 Å². The maximum absolute atomic E-state index is 10.7. The maximum Gasteiger partial charge on any atom is 0.307 e. The number of hydrogen-bond donors (Lipinski definition) is 1. The van der Waals surface area contributed by atoms with Gasteiger partial charge in [0.1, 0.15) is 0 Å². The van der Waals surface area contributed by atoms with Crippen molar-refractivity contribution in [2.45, 2.75) is 32.2 Å².